The van der Waals surface area contributed by atoms with Gasteiger partial charge in [0.25, 0.3) is 0 Å². The largest absolute Gasteiger partial charge is 0.357 e. The van der Waals surface area contributed by atoms with E-state index < -0.39 is 0 Å². The fourth-order valence-electron chi connectivity index (χ4n) is 1.43. The zero-order chi connectivity index (χ0) is 13.0. The van der Waals surface area contributed by atoms with Gasteiger partial charge in [-0.3, -0.25) is 4.79 Å². The van der Waals surface area contributed by atoms with Gasteiger partial charge in [0, 0.05) is 19.0 Å². The highest BCUT2D eigenvalue weighted by atomic mass is 32.2. The average Bonchev–Trinajstić information content (AvgIpc) is 2.84. The number of hydrogen-bond donors (Lipinski definition) is 2. The lowest BCUT2D eigenvalue weighted by molar-refractivity contribution is -0.118. The number of thioether (sulfide) groups is 1. The molecule has 2 heterocycles. The molecule has 2 aromatic rings. The summed E-state index contributed by atoms with van der Waals surface area (Å²) < 4.78 is 0. The Bertz CT molecular complexity index is 555. The number of amides is 1. The second kappa shape index (κ2) is 6.01. The smallest absolute Gasteiger partial charge is 0.230 e. The lowest BCUT2D eigenvalue weighted by atomic mass is 10.4. The number of fused-ring (bicyclic) bond motifs is 1. The first-order chi connectivity index (χ1) is 8.74. The minimum absolute atomic E-state index is 0.0236. The number of carbonyl (C=O) groups excluding carboxylic acids is 1. The molecule has 2 N–H and O–H groups in total. The van der Waals surface area contributed by atoms with Crippen LogP contribution in [-0.4, -0.2) is 35.2 Å². The number of carbonyl (C=O) groups is 1. The van der Waals surface area contributed by atoms with Crippen molar-refractivity contribution in [2.45, 2.75) is 11.9 Å². The van der Waals surface area contributed by atoms with Gasteiger partial charge in [-0.2, -0.15) is 0 Å². The van der Waals surface area contributed by atoms with E-state index in [0.717, 1.165) is 15.2 Å². The third-order valence-electron chi connectivity index (χ3n) is 2.23. The summed E-state index contributed by atoms with van der Waals surface area (Å²) in [7, 11) is 1.78. The molecule has 0 saturated carbocycles. The van der Waals surface area contributed by atoms with Crippen molar-refractivity contribution in [2.75, 3.05) is 24.7 Å². The number of anilines is 1. The van der Waals surface area contributed by atoms with Crippen LogP contribution >= 0.6 is 23.1 Å². The second-order valence-corrected chi connectivity index (χ2v) is 5.34. The molecule has 0 atom stereocenters. The molecule has 0 bridgehead atoms. The molecule has 0 fully saturated rings. The van der Waals surface area contributed by atoms with E-state index in [1.54, 1.807) is 18.4 Å². The van der Waals surface area contributed by atoms with Crippen LogP contribution in [0.2, 0.25) is 0 Å². The monoisotopic (exact) mass is 282 g/mol. The molecule has 0 unspecified atom stereocenters. The van der Waals surface area contributed by atoms with Crippen LogP contribution in [0.15, 0.2) is 16.5 Å². The van der Waals surface area contributed by atoms with E-state index >= 15 is 0 Å². The predicted octanol–water partition coefficient (Wildman–Crippen LogP) is 1.96. The van der Waals surface area contributed by atoms with Crippen molar-refractivity contribution >= 4 is 45.2 Å². The minimum atomic E-state index is 0.0236. The van der Waals surface area contributed by atoms with Crippen LogP contribution < -0.4 is 10.6 Å². The number of nitrogens with one attached hydrogen (secondary N) is 2. The second-order valence-electron chi connectivity index (χ2n) is 3.48. The summed E-state index contributed by atoms with van der Waals surface area (Å²) in [5.74, 6) is 0.984. The fraction of sp³-hybridized carbons (Fsp3) is 0.364. The number of rotatable bonds is 5. The van der Waals surface area contributed by atoms with Crippen molar-refractivity contribution in [3.05, 3.63) is 11.4 Å². The quantitative estimate of drug-likeness (QED) is 0.648. The van der Waals surface area contributed by atoms with Gasteiger partial charge in [-0.1, -0.05) is 11.8 Å². The molecule has 18 heavy (non-hydrogen) atoms. The summed E-state index contributed by atoms with van der Waals surface area (Å²) >= 11 is 3.01. The zero-order valence-corrected chi connectivity index (χ0v) is 11.8. The molecule has 96 valence electrons. The van der Waals surface area contributed by atoms with Gasteiger partial charge in [0.15, 0.2) is 0 Å². The lowest BCUT2D eigenvalue weighted by Crippen LogP contribution is -2.24. The third-order valence-corrected chi connectivity index (χ3v) is 4.03. The average molecular weight is 282 g/mol. The van der Waals surface area contributed by atoms with Crippen LogP contribution in [-0.2, 0) is 4.79 Å². The van der Waals surface area contributed by atoms with Gasteiger partial charge in [0.2, 0.25) is 11.9 Å². The van der Waals surface area contributed by atoms with Crippen LogP contribution in [0.4, 0.5) is 5.95 Å². The summed E-state index contributed by atoms with van der Waals surface area (Å²) in [5.41, 5.74) is 0. The Labute approximate surface area is 113 Å². The molecule has 2 rings (SSSR count). The van der Waals surface area contributed by atoms with Gasteiger partial charge in [0.1, 0.15) is 9.86 Å². The normalized spacial score (nSPS) is 10.6. The molecule has 1 amide bonds. The standard InChI is InChI=1S/C11H14N4OS2/c1-3-13-8(16)6-18-10-7-4-5-17-9(7)14-11(12-2)15-10/h4-5H,3,6H2,1-2H3,(H,13,16)(H,12,14,15). The SMILES string of the molecule is CCNC(=O)CSc1nc(NC)nc2sccc12. The maximum atomic E-state index is 11.5. The molecule has 2 aromatic heterocycles. The molecule has 0 aromatic carbocycles. The Morgan fingerprint density at radius 2 is 2.33 bits per heavy atom. The third kappa shape index (κ3) is 2.91. The van der Waals surface area contributed by atoms with E-state index in [0.29, 0.717) is 18.2 Å². The minimum Gasteiger partial charge on any atom is -0.357 e. The van der Waals surface area contributed by atoms with Gasteiger partial charge in [-0.15, -0.1) is 11.3 Å². The van der Waals surface area contributed by atoms with Crippen molar-refractivity contribution in [1.29, 1.82) is 0 Å². The summed E-state index contributed by atoms with van der Waals surface area (Å²) in [6, 6.07) is 1.99. The van der Waals surface area contributed by atoms with Gasteiger partial charge >= 0.3 is 0 Å². The molecular formula is C11H14N4OS2. The Balaban J connectivity index is 2.20. The van der Waals surface area contributed by atoms with Crippen molar-refractivity contribution in [1.82, 2.24) is 15.3 Å². The highest BCUT2D eigenvalue weighted by molar-refractivity contribution is 8.00. The maximum Gasteiger partial charge on any atom is 0.230 e. The number of aromatic nitrogens is 2. The first kappa shape index (κ1) is 13.1. The maximum absolute atomic E-state index is 11.5. The first-order valence-electron chi connectivity index (χ1n) is 5.57. The number of hydrogen-bond acceptors (Lipinski definition) is 6. The lowest BCUT2D eigenvalue weighted by Gasteiger charge is -2.05. The number of nitrogens with zero attached hydrogens (tertiary/aromatic N) is 2. The summed E-state index contributed by atoms with van der Waals surface area (Å²) in [4.78, 5) is 21.1. The Kier molecular flexibility index (Phi) is 4.38. The molecule has 7 heteroatoms. The molecule has 0 spiro atoms. The van der Waals surface area contributed by atoms with Gasteiger partial charge in [-0.25, -0.2) is 9.97 Å². The Hall–Kier alpha value is -1.34. The van der Waals surface area contributed by atoms with Gasteiger partial charge in [-0.05, 0) is 18.4 Å². The molecule has 0 aliphatic carbocycles. The van der Waals surface area contributed by atoms with E-state index in [4.69, 9.17) is 0 Å². The van der Waals surface area contributed by atoms with E-state index in [1.165, 1.54) is 11.8 Å². The molecule has 0 saturated heterocycles. The first-order valence-corrected chi connectivity index (χ1v) is 7.43. The highest BCUT2D eigenvalue weighted by Gasteiger charge is 2.10. The molecule has 0 radical (unpaired) electrons. The fourth-order valence-corrected chi connectivity index (χ4v) is 3.10. The Morgan fingerprint density at radius 1 is 1.50 bits per heavy atom. The summed E-state index contributed by atoms with van der Waals surface area (Å²) in [6.07, 6.45) is 0. The van der Waals surface area contributed by atoms with E-state index in [9.17, 15) is 4.79 Å². The van der Waals surface area contributed by atoms with Gasteiger partial charge < -0.3 is 10.6 Å². The van der Waals surface area contributed by atoms with Crippen molar-refractivity contribution in [2.24, 2.45) is 0 Å². The highest BCUT2D eigenvalue weighted by Crippen LogP contribution is 2.29. The van der Waals surface area contributed by atoms with Crippen LogP contribution in [0.3, 0.4) is 0 Å². The van der Waals surface area contributed by atoms with Crippen LogP contribution in [0.5, 0.6) is 0 Å². The Morgan fingerprint density at radius 3 is 3.06 bits per heavy atom. The molecule has 0 aliphatic heterocycles. The van der Waals surface area contributed by atoms with E-state index in [1.807, 2.05) is 18.4 Å². The summed E-state index contributed by atoms with van der Waals surface area (Å²) in [5, 5.41) is 9.54. The van der Waals surface area contributed by atoms with E-state index in [-0.39, 0.29) is 5.91 Å². The van der Waals surface area contributed by atoms with Crippen molar-refractivity contribution in [3.8, 4) is 0 Å². The van der Waals surface area contributed by atoms with E-state index in [2.05, 4.69) is 20.6 Å². The molecule has 5 nitrogen and oxygen atoms in total. The van der Waals surface area contributed by atoms with Crippen molar-refractivity contribution < 1.29 is 4.79 Å². The summed E-state index contributed by atoms with van der Waals surface area (Å²) in [6.45, 7) is 2.56. The van der Waals surface area contributed by atoms with Crippen molar-refractivity contribution in [3.63, 3.8) is 0 Å². The predicted molar refractivity (Wildman–Crippen MR) is 76.4 cm³/mol. The topological polar surface area (TPSA) is 66.9 Å². The van der Waals surface area contributed by atoms with Crippen LogP contribution in [0.1, 0.15) is 6.92 Å². The number of thiophene rings is 1. The van der Waals surface area contributed by atoms with Crippen LogP contribution in [0, 0.1) is 0 Å². The molecule has 0 aliphatic rings. The zero-order valence-electron chi connectivity index (χ0n) is 10.2. The van der Waals surface area contributed by atoms with Gasteiger partial charge in [0.05, 0.1) is 5.75 Å². The van der Waals surface area contributed by atoms with Crippen LogP contribution in [0.25, 0.3) is 10.2 Å². The molecular weight excluding hydrogens is 268 g/mol.